The first-order chi connectivity index (χ1) is 13.6. The summed E-state index contributed by atoms with van der Waals surface area (Å²) in [6.07, 6.45) is 8.03. The average Bonchev–Trinajstić information content (AvgIpc) is 3.45. The first kappa shape index (κ1) is 19.7. The van der Waals surface area contributed by atoms with E-state index in [0.717, 1.165) is 19.3 Å². The smallest absolute Gasteiger partial charge is 0.346 e. The molecule has 28 heavy (non-hydrogen) atoms. The normalized spacial score (nSPS) is 15.2. The topological polar surface area (TPSA) is 96.9 Å². The van der Waals surface area contributed by atoms with Crippen molar-refractivity contribution in [3.8, 4) is 17.7 Å². The highest BCUT2D eigenvalue weighted by Crippen LogP contribution is 2.33. The molecule has 1 saturated carbocycles. The second-order valence-electron chi connectivity index (χ2n) is 7.03. The van der Waals surface area contributed by atoms with Crippen LogP contribution in [0.3, 0.4) is 0 Å². The fraction of sp³-hybridized carbons (Fsp3) is 0.476. The van der Waals surface area contributed by atoms with Crippen LogP contribution < -0.4 is 9.47 Å². The van der Waals surface area contributed by atoms with Gasteiger partial charge >= 0.3 is 5.97 Å². The van der Waals surface area contributed by atoms with Crippen LogP contribution in [0.4, 0.5) is 0 Å². The summed E-state index contributed by atoms with van der Waals surface area (Å²) in [6.45, 7) is 4.76. The van der Waals surface area contributed by atoms with Crippen molar-refractivity contribution in [2.75, 3.05) is 6.61 Å². The van der Waals surface area contributed by atoms with Crippen LogP contribution in [0, 0.1) is 17.2 Å². The van der Waals surface area contributed by atoms with Crippen LogP contribution in [-0.2, 0) is 4.79 Å². The van der Waals surface area contributed by atoms with E-state index in [1.165, 1.54) is 18.9 Å². The molecule has 1 unspecified atom stereocenters. The van der Waals surface area contributed by atoms with Crippen molar-refractivity contribution in [3.05, 3.63) is 29.6 Å². The zero-order chi connectivity index (χ0) is 20.1. The molecule has 0 radical (unpaired) electrons. The molecule has 2 aromatic rings. The van der Waals surface area contributed by atoms with Gasteiger partial charge in [-0.2, -0.15) is 10.2 Å². The molecule has 1 aliphatic rings. The number of nitrogens with zero attached hydrogens (tertiary/aromatic N) is 3. The molecule has 7 nitrogen and oxygen atoms in total. The Morgan fingerprint density at radius 1 is 1.50 bits per heavy atom. The van der Waals surface area contributed by atoms with Gasteiger partial charge in [0.2, 0.25) is 5.88 Å². The number of aliphatic carboxylic acids is 1. The van der Waals surface area contributed by atoms with Gasteiger partial charge in [-0.25, -0.2) is 4.79 Å². The highest BCUT2D eigenvalue weighted by molar-refractivity contribution is 5.96. The first-order valence-corrected chi connectivity index (χ1v) is 9.72. The monoisotopic (exact) mass is 383 g/mol. The van der Waals surface area contributed by atoms with E-state index in [1.807, 2.05) is 19.1 Å². The maximum absolute atomic E-state index is 11.4. The van der Waals surface area contributed by atoms with Gasteiger partial charge in [-0.1, -0.05) is 20.3 Å². The largest absolute Gasteiger partial charge is 0.489 e. The summed E-state index contributed by atoms with van der Waals surface area (Å²) in [4.78, 5) is 15.9. The van der Waals surface area contributed by atoms with Gasteiger partial charge in [-0.3, -0.25) is 4.40 Å². The summed E-state index contributed by atoms with van der Waals surface area (Å²) in [5.41, 5.74) is 0.610. The third-order valence-electron chi connectivity index (χ3n) is 4.77. The Kier molecular flexibility index (Phi) is 6.19. The first-order valence-electron chi connectivity index (χ1n) is 9.72. The lowest BCUT2D eigenvalue weighted by Gasteiger charge is -2.15. The van der Waals surface area contributed by atoms with Crippen LogP contribution in [0.15, 0.2) is 23.9 Å². The van der Waals surface area contributed by atoms with Gasteiger partial charge in [0.1, 0.15) is 23.4 Å². The van der Waals surface area contributed by atoms with Crippen molar-refractivity contribution in [2.24, 2.45) is 5.92 Å². The number of fused-ring (bicyclic) bond motifs is 1. The van der Waals surface area contributed by atoms with E-state index < -0.39 is 5.97 Å². The lowest BCUT2D eigenvalue weighted by Crippen LogP contribution is -2.15. The Morgan fingerprint density at radius 2 is 2.29 bits per heavy atom. The zero-order valence-corrected chi connectivity index (χ0v) is 16.2. The molecule has 0 bridgehead atoms. The summed E-state index contributed by atoms with van der Waals surface area (Å²) in [5, 5.41) is 18.5. The SMILES string of the molecule is CCCC(CC)Oc1nc2c(OCC3CC3)cccn2c1C=C(C#N)C(=O)O. The van der Waals surface area contributed by atoms with Crippen LogP contribution in [0.1, 0.15) is 51.6 Å². The number of hydrogen-bond donors (Lipinski definition) is 1. The van der Waals surface area contributed by atoms with Crippen molar-refractivity contribution in [2.45, 2.75) is 52.1 Å². The fourth-order valence-electron chi connectivity index (χ4n) is 2.97. The van der Waals surface area contributed by atoms with Gasteiger partial charge in [0.15, 0.2) is 11.4 Å². The maximum Gasteiger partial charge on any atom is 0.346 e. The summed E-state index contributed by atoms with van der Waals surface area (Å²) in [6, 6.07) is 5.38. The zero-order valence-electron chi connectivity index (χ0n) is 16.2. The van der Waals surface area contributed by atoms with Crippen LogP contribution in [0.2, 0.25) is 0 Å². The van der Waals surface area contributed by atoms with Crippen molar-refractivity contribution >= 4 is 17.7 Å². The maximum atomic E-state index is 11.4. The van der Waals surface area contributed by atoms with Crippen molar-refractivity contribution in [1.29, 1.82) is 5.26 Å². The van der Waals surface area contributed by atoms with Crippen LogP contribution in [-0.4, -0.2) is 33.2 Å². The molecule has 0 spiro atoms. The third-order valence-corrected chi connectivity index (χ3v) is 4.77. The standard InChI is InChI=1S/C21H25N3O4/c1-3-6-16(4-2)28-20-17(11-15(12-22)21(25)26)24-10-5-7-18(19(24)23-20)27-13-14-8-9-14/h5,7,10-11,14,16H,3-4,6,8-9,13H2,1-2H3,(H,25,26). The number of aromatic nitrogens is 2. The van der Waals surface area contributed by atoms with Gasteiger partial charge in [0.05, 0.1) is 6.61 Å². The molecular weight excluding hydrogens is 358 g/mol. The highest BCUT2D eigenvalue weighted by atomic mass is 16.5. The number of imidazole rings is 1. The van der Waals surface area contributed by atoms with E-state index in [2.05, 4.69) is 11.9 Å². The van der Waals surface area contributed by atoms with E-state index in [4.69, 9.17) is 9.47 Å². The Balaban J connectivity index is 2.06. The van der Waals surface area contributed by atoms with E-state index in [9.17, 15) is 15.2 Å². The minimum absolute atomic E-state index is 0.0340. The molecule has 0 saturated heterocycles. The van der Waals surface area contributed by atoms with Crippen LogP contribution in [0.25, 0.3) is 11.7 Å². The number of rotatable bonds is 10. The predicted molar refractivity (Wildman–Crippen MR) is 104 cm³/mol. The van der Waals surface area contributed by atoms with Crippen LogP contribution in [0.5, 0.6) is 11.6 Å². The van der Waals surface area contributed by atoms with Crippen molar-refractivity contribution in [1.82, 2.24) is 9.38 Å². The predicted octanol–water partition coefficient (Wildman–Crippen LogP) is 4.07. The summed E-state index contributed by atoms with van der Waals surface area (Å²) < 4.78 is 13.8. The van der Waals surface area contributed by atoms with Gasteiger partial charge in [-0.15, -0.1) is 0 Å². The molecule has 1 fully saturated rings. The van der Waals surface area contributed by atoms with Gasteiger partial charge in [0, 0.05) is 6.20 Å². The van der Waals surface area contributed by atoms with Crippen LogP contribution >= 0.6 is 0 Å². The second kappa shape index (κ2) is 8.79. The third kappa shape index (κ3) is 4.45. The molecule has 0 aliphatic heterocycles. The molecule has 148 valence electrons. The molecule has 0 aromatic carbocycles. The van der Waals surface area contributed by atoms with Gasteiger partial charge in [-0.05, 0) is 49.8 Å². The highest BCUT2D eigenvalue weighted by Gasteiger charge is 2.24. The van der Waals surface area contributed by atoms with E-state index in [1.54, 1.807) is 16.7 Å². The Labute approximate surface area is 164 Å². The Morgan fingerprint density at radius 3 is 2.89 bits per heavy atom. The molecule has 1 N–H and O–H groups in total. The van der Waals surface area contributed by atoms with E-state index in [0.29, 0.717) is 35.5 Å². The lowest BCUT2D eigenvalue weighted by atomic mass is 10.1. The number of carboxylic acids is 1. The van der Waals surface area contributed by atoms with E-state index in [-0.39, 0.29) is 11.7 Å². The molecule has 2 heterocycles. The number of hydrogen-bond acceptors (Lipinski definition) is 5. The molecule has 0 amide bonds. The molecule has 7 heteroatoms. The van der Waals surface area contributed by atoms with Crippen molar-refractivity contribution < 1.29 is 19.4 Å². The number of carboxylic acid groups (broad SMARTS) is 1. The van der Waals surface area contributed by atoms with Gasteiger partial charge in [0.25, 0.3) is 0 Å². The molecular formula is C21H25N3O4. The molecule has 3 rings (SSSR count). The summed E-state index contributed by atoms with van der Waals surface area (Å²) in [5.74, 6) is 0.245. The molecule has 1 aliphatic carbocycles. The summed E-state index contributed by atoms with van der Waals surface area (Å²) >= 11 is 0. The second-order valence-corrected chi connectivity index (χ2v) is 7.03. The number of nitriles is 1. The molecule has 2 aromatic heterocycles. The minimum atomic E-state index is -1.29. The lowest BCUT2D eigenvalue weighted by molar-refractivity contribution is -0.132. The summed E-state index contributed by atoms with van der Waals surface area (Å²) in [7, 11) is 0. The number of pyridine rings is 1. The Bertz CT molecular complexity index is 922. The number of carbonyl (C=O) groups is 1. The van der Waals surface area contributed by atoms with Crippen molar-refractivity contribution in [3.63, 3.8) is 0 Å². The minimum Gasteiger partial charge on any atom is -0.489 e. The Hall–Kier alpha value is -3.01. The fourth-order valence-corrected chi connectivity index (χ4v) is 2.97. The average molecular weight is 383 g/mol. The number of ether oxygens (including phenoxy) is 2. The van der Waals surface area contributed by atoms with E-state index >= 15 is 0 Å². The molecule has 1 atom stereocenters. The quantitative estimate of drug-likeness (QED) is 0.491. The van der Waals surface area contributed by atoms with Gasteiger partial charge < -0.3 is 14.6 Å².